The number of thiophene rings is 1. The minimum absolute atomic E-state index is 0.0561. The predicted octanol–water partition coefficient (Wildman–Crippen LogP) is 5.75. The van der Waals surface area contributed by atoms with Crippen LogP contribution in [0.4, 0.5) is 5.69 Å². The third-order valence-electron chi connectivity index (χ3n) is 7.55. The molecule has 2 aromatic heterocycles. The quantitative estimate of drug-likeness (QED) is 0.536. The predicted molar refractivity (Wildman–Crippen MR) is 135 cm³/mol. The van der Waals surface area contributed by atoms with Gasteiger partial charge in [-0.1, -0.05) is 32.3 Å². The number of carbonyl (C=O) groups excluding carboxylic acids is 2. The molecule has 3 heterocycles. The van der Waals surface area contributed by atoms with Gasteiger partial charge in [0.1, 0.15) is 11.2 Å². The lowest BCUT2D eigenvalue weighted by Crippen LogP contribution is -2.65. The number of rotatable bonds is 4. The maximum atomic E-state index is 14.0. The van der Waals surface area contributed by atoms with Crippen LogP contribution in [-0.4, -0.2) is 28.0 Å². The summed E-state index contributed by atoms with van der Waals surface area (Å²) in [5.74, 6) is -0.160. The number of carbonyl (C=O) groups is 2. The summed E-state index contributed by atoms with van der Waals surface area (Å²) < 4.78 is 3.19. The van der Waals surface area contributed by atoms with Crippen LogP contribution in [0.25, 0.3) is 10.2 Å². The summed E-state index contributed by atoms with van der Waals surface area (Å²) in [6, 6.07) is 10.4. The van der Waals surface area contributed by atoms with Gasteiger partial charge in [-0.05, 0) is 75.4 Å². The minimum Gasteiger partial charge on any atom is -0.351 e. The highest BCUT2D eigenvalue weighted by Crippen LogP contribution is 2.39. The molecule has 3 aromatic rings. The first kappa shape index (κ1) is 22.2. The Morgan fingerprint density at radius 3 is 2.58 bits per heavy atom. The topological polar surface area (TPSA) is 54.3 Å². The van der Waals surface area contributed by atoms with E-state index in [9.17, 15) is 9.59 Å². The number of anilines is 1. The van der Waals surface area contributed by atoms with Crippen molar-refractivity contribution in [3.05, 3.63) is 52.0 Å². The van der Waals surface area contributed by atoms with Crippen molar-refractivity contribution < 1.29 is 9.59 Å². The fourth-order valence-corrected chi connectivity index (χ4v) is 6.40. The molecule has 1 fully saturated rings. The van der Waals surface area contributed by atoms with E-state index in [-0.39, 0.29) is 17.9 Å². The Labute approximate surface area is 199 Å². The number of aryl methyl sites for hydroxylation is 3. The summed E-state index contributed by atoms with van der Waals surface area (Å²) in [5, 5.41) is 3.32. The molecule has 0 spiro atoms. The summed E-state index contributed by atoms with van der Waals surface area (Å²) in [7, 11) is 0. The van der Waals surface area contributed by atoms with Crippen LogP contribution in [0.5, 0.6) is 0 Å². The molecule has 1 aliphatic carbocycles. The van der Waals surface area contributed by atoms with Crippen molar-refractivity contribution in [2.75, 3.05) is 4.90 Å². The van der Waals surface area contributed by atoms with Gasteiger partial charge in [0.25, 0.3) is 5.91 Å². The van der Waals surface area contributed by atoms with E-state index in [1.54, 1.807) is 16.2 Å². The van der Waals surface area contributed by atoms with Crippen molar-refractivity contribution in [2.45, 2.75) is 84.3 Å². The molecule has 1 atom stereocenters. The summed E-state index contributed by atoms with van der Waals surface area (Å²) in [6.45, 7) is 8.65. The fourth-order valence-electron chi connectivity index (χ4n) is 5.36. The van der Waals surface area contributed by atoms with Gasteiger partial charge in [0.2, 0.25) is 5.91 Å². The molecule has 1 saturated carbocycles. The first-order valence-corrected chi connectivity index (χ1v) is 13.0. The summed E-state index contributed by atoms with van der Waals surface area (Å²) in [6.07, 6.45) is 6.54. The van der Waals surface area contributed by atoms with Crippen molar-refractivity contribution in [3.63, 3.8) is 0 Å². The third-order valence-corrected chi connectivity index (χ3v) is 8.76. The van der Waals surface area contributed by atoms with Gasteiger partial charge in [0.05, 0.1) is 16.8 Å². The summed E-state index contributed by atoms with van der Waals surface area (Å²) in [4.78, 5) is 30.9. The lowest BCUT2D eigenvalue weighted by molar-refractivity contribution is -0.127. The van der Waals surface area contributed by atoms with Crippen LogP contribution in [0, 0.1) is 13.8 Å². The van der Waals surface area contributed by atoms with Crippen LogP contribution in [0.15, 0.2) is 30.3 Å². The van der Waals surface area contributed by atoms with Crippen LogP contribution in [0.2, 0.25) is 0 Å². The smallest absolute Gasteiger partial charge is 0.275 e. The van der Waals surface area contributed by atoms with Gasteiger partial charge in [0, 0.05) is 16.6 Å². The maximum absolute atomic E-state index is 14.0. The molecular formula is C27H33N3O2S. The Kier molecular flexibility index (Phi) is 5.60. The highest BCUT2D eigenvalue weighted by molar-refractivity contribution is 7.19. The molecule has 0 radical (unpaired) electrons. The Bertz CT molecular complexity index is 1230. The number of benzene rings is 1. The molecular weight excluding hydrogens is 430 g/mol. The van der Waals surface area contributed by atoms with Gasteiger partial charge in [0.15, 0.2) is 0 Å². The number of fused-ring (bicyclic) bond motifs is 3. The SMILES string of the molecule is CCc1cc2c(cc3n2C[C@@](C)(C(=O)NC2CCCCC2)N(c2ccc(C)c(C)c2)C3=O)s1. The molecule has 0 unspecified atom stereocenters. The van der Waals surface area contributed by atoms with Crippen LogP contribution >= 0.6 is 11.3 Å². The molecule has 2 aliphatic rings. The molecule has 0 saturated heterocycles. The molecule has 174 valence electrons. The number of amides is 2. The number of nitrogens with one attached hydrogen (secondary N) is 1. The Hall–Kier alpha value is -2.60. The van der Waals surface area contributed by atoms with Crippen molar-refractivity contribution in [2.24, 2.45) is 0 Å². The van der Waals surface area contributed by atoms with E-state index < -0.39 is 5.54 Å². The molecule has 1 aromatic carbocycles. The van der Waals surface area contributed by atoms with Gasteiger partial charge in [-0.15, -0.1) is 11.3 Å². The number of hydrogen-bond acceptors (Lipinski definition) is 3. The summed E-state index contributed by atoms with van der Waals surface area (Å²) >= 11 is 1.74. The second kappa shape index (κ2) is 8.32. The van der Waals surface area contributed by atoms with Gasteiger partial charge in [-0.3, -0.25) is 14.5 Å². The van der Waals surface area contributed by atoms with E-state index in [1.165, 1.54) is 16.9 Å². The van der Waals surface area contributed by atoms with E-state index in [4.69, 9.17) is 0 Å². The zero-order valence-electron chi connectivity index (χ0n) is 20.0. The van der Waals surface area contributed by atoms with Gasteiger partial charge >= 0.3 is 0 Å². The van der Waals surface area contributed by atoms with E-state index in [2.05, 4.69) is 36.7 Å². The van der Waals surface area contributed by atoms with Crippen LogP contribution in [0.1, 0.15) is 72.4 Å². The van der Waals surface area contributed by atoms with Crippen molar-refractivity contribution in [3.8, 4) is 0 Å². The van der Waals surface area contributed by atoms with E-state index in [0.29, 0.717) is 12.2 Å². The zero-order chi connectivity index (χ0) is 23.3. The largest absolute Gasteiger partial charge is 0.351 e. The third kappa shape index (κ3) is 3.68. The number of hydrogen-bond donors (Lipinski definition) is 1. The molecule has 5 rings (SSSR count). The number of aromatic nitrogens is 1. The fraction of sp³-hybridized carbons (Fsp3) is 0.481. The number of nitrogens with zero attached hydrogens (tertiary/aromatic N) is 2. The zero-order valence-corrected chi connectivity index (χ0v) is 20.8. The van der Waals surface area contributed by atoms with E-state index in [0.717, 1.165) is 53.6 Å². The highest BCUT2D eigenvalue weighted by Gasteiger charge is 2.49. The van der Waals surface area contributed by atoms with Crippen molar-refractivity contribution in [1.29, 1.82) is 0 Å². The first-order valence-electron chi connectivity index (χ1n) is 12.2. The first-order chi connectivity index (χ1) is 15.8. The molecule has 6 heteroatoms. The molecule has 5 nitrogen and oxygen atoms in total. The lowest BCUT2D eigenvalue weighted by Gasteiger charge is -2.45. The van der Waals surface area contributed by atoms with Gasteiger partial charge in [-0.25, -0.2) is 0 Å². The molecule has 0 bridgehead atoms. The molecule has 2 amide bonds. The van der Waals surface area contributed by atoms with Crippen LogP contribution in [-0.2, 0) is 17.8 Å². The van der Waals surface area contributed by atoms with E-state index >= 15 is 0 Å². The van der Waals surface area contributed by atoms with Crippen molar-refractivity contribution >= 4 is 39.1 Å². The monoisotopic (exact) mass is 463 g/mol. The summed E-state index contributed by atoms with van der Waals surface area (Å²) in [5.41, 5.74) is 3.80. The second-order valence-corrected chi connectivity index (χ2v) is 11.1. The normalized spacial score (nSPS) is 21.5. The minimum atomic E-state index is -1.01. The maximum Gasteiger partial charge on any atom is 0.275 e. The molecule has 33 heavy (non-hydrogen) atoms. The standard InChI is InChI=1S/C27H33N3O2S/c1-5-21-14-22-24(33-21)15-23-25(31)30(20-12-11-17(2)18(3)13-20)27(4,16-29(22)23)26(32)28-19-9-7-6-8-10-19/h11-15,19H,5-10,16H2,1-4H3,(H,28,32)/t27-/m0/s1. The highest BCUT2D eigenvalue weighted by atomic mass is 32.1. The second-order valence-electron chi connectivity index (χ2n) is 9.92. The molecule has 1 N–H and O–H groups in total. The average molecular weight is 464 g/mol. The average Bonchev–Trinajstić information content (AvgIpc) is 3.35. The molecule has 1 aliphatic heterocycles. The van der Waals surface area contributed by atoms with Crippen LogP contribution in [0.3, 0.4) is 0 Å². The Balaban J connectivity index is 1.61. The Morgan fingerprint density at radius 2 is 1.88 bits per heavy atom. The van der Waals surface area contributed by atoms with Crippen molar-refractivity contribution in [1.82, 2.24) is 9.88 Å². The van der Waals surface area contributed by atoms with E-state index in [1.807, 2.05) is 31.2 Å². The van der Waals surface area contributed by atoms with Gasteiger partial charge in [-0.2, -0.15) is 0 Å². The van der Waals surface area contributed by atoms with Gasteiger partial charge < -0.3 is 9.88 Å². The van der Waals surface area contributed by atoms with Crippen LogP contribution < -0.4 is 10.2 Å². The lowest BCUT2D eigenvalue weighted by atomic mass is 9.90. The Morgan fingerprint density at radius 1 is 1.12 bits per heavy atom.